The Labute approximate surface area is 164 Å². The van der Waals surface area contributed by atoms with Crippen molar-refractivity contribution >= 4 is 17.7 Å². The summed E-state index contributed by atoms with van der Waals surface area (Å²) < 4.78 is 10.9. The summed E-state index contributed by atoms with van der Waals surface area (Å²) in [5.41, 5.74) is 0.491. The van der Waals surface area contributed by atoms with Crippen LogP contribution in [0.1, 0.15) is 36.0 Å². The van der Waals surface area contributed by atoms with Crippen LogP contribution in [0.2, 0.25) is 0 Å². The van der Waals surface area contributed by atoms with Crippen molar-refractivity contribution in [3.05, 3.63) is 29.8 Å². The Bertz CT molecular complexity index is 698. The minimum absolute atomic E-state index is 0.0494. The van der Waals surface area contributed by atoms with E-state index in [9.17, 15) is 14.4 Å². The van der Waals surface area contributed by atoms with Gasteiger partial charge in [0, 0.05) is 45.1 Å². The Balaban J connectivity index is 1.45. The number of likely N-dealkylation sites (tertiary alicyclic amines) is 1. The van der Waals surface area contributed by atoms with Gasteiger partial charge in [0.25, 0.3) is 5.91 Å². The van der Waals surface area contributed by atoms with Gasteiger partial charge in [-0.2, -0.15) is 0 Å². The predicted octanol–water partition coefficient (Wildman–Crippen LogP) is 0.711. The summed E-state index contributed by atoms with van der Waals surface area (Å²) in [6.07, 6.45) is 2.62. The first kappa shape index (κ1) is 20.1. The number of carbonyl (C=O) groups is 3. The SMILES string of the molecule is COCCC(=O)N1CCC(Oc2ccc(C(=O)NC3CCNC3=O)cc2)CC1. The van der Waals surface area contributed by atoms with Gasteiger partial charge in [-0.15, -0.1) is 0 Å². The lowest BCUT2D eigenvalue weighted by Crippen LogP contribution is -2.42. The molecular weight excluding hydrogens is 362 g/mol. The largest absolute Gasteiger partial charge is 0.490 e. The number of rotatable bonds is 7. The van der Waals surface area contributed by atoms with E-state index in [-0.39, 0.29) is 23.8 Å². The molecule has 1 aromatic carbocycles. The molecule has 0 saturated carbocycles. The Hall–Kier alpha value is -2.61. The molecule has 2 heterocycles. The molecule has 28 heavy (non-hydrogen) atoms. The van der Waals surface area contributed by atoms with E-state index in [0.29, 0.717) is 50.4 Å². The second-order valence-electron chi connectivity index (χ2n) is 7.07. The normalized spacial score (nSPS) is 20.0. The van der Waals surface area contributed by atoms with E-state index in [1.807, 2.05) is 4.90 Å². The highest BCUT2D eigenvalue weighted by Gasteiger charge is 2.26. The number of carbonyl (C=O) groups excluding carboxylic acids is 3. The lowest BCUT2D eigenvalue weighted by molar-refractivity contribution is -0.133. The molecule has 0 radical (unpaired) electrons. The number of methoxy groups -OCH3 is 1. The first-order valence-corrected chi connectivity index (χ1v) is 9.69. The number of nitrogens with one attached hydrogen (secondary N) is 2. The summed E-state index contributed by atoms with van der Waals surface area (Å²) >= 11 is 0. The van der Waals surface area contributed by atoms with Crippen LogP contribution in [-0.4, -0.2) is 68.1 Å². The fourth-order valence-corrected chi connectivity index (χ4v) is 3.42. The van der Waals surface area contributed by atoms with Crippen molar-refractivity contribution in [2.45, 2.75) is 37.8 Å². The zero-order chi connectivity index (χ0) is 19.9. The number of benzene rings is 1. The van der Waals surface area contributed by atoms with Crippen molar-refractivity contribution < 1.29 is 23.9 Å². The molecule has 0 aromatic heterocycles. The number of piperidine rings is 1. The maximum atomic E-state index is 12.2. The fourth-order valence-electron chi connectivity index (χ4n) is 3.42. The van der Waals surface area contributed by atoms with Gasteiger partial charge in [-0.05, 0) is 30.7 Å². The summed E-state index contributed by atoms with van der Waals surface area (Å²) in [5.74, 6) is 0.405. The van der Waals surface area contributed by atoms with E-state index in [4.69, 9.17) is 9.47 Å². The summed E-state index contributed by atoms with van der Waals surface area (Å²) in [7, 11) is 1.59. The number of ether oxygens (including phenoxy) is 2. The van der Waals surface area contributed by atoms with Gasteiger partial charge < -0.3 is 25.0 Å². The summed E-state index contributed by atoms with van der Waals surface area (Å²) in [6, 6.07) is 6.46. The van der Waals surface area contributed by atoms with Gasteiger partial charge in [0.1, 0.15) is 17.9 Å². The third kappa shape index (κ3) is 5.22. The minimum atomic E-state index is -0.458. The topological polar surface area (TPSA) is 97.0 Å². The van der Waals surface area contributed by atoms with Crippen molar-refractivity contribution in [1.82, 2.24) is 15.5 Å². The molecule has 2 aliphatic rings. The molecule has 8 heteroatoms. The summed E-state index contributed by atoms with van der Waals surface area (Å²) in [5, 5.41) is 5.43. The maximum absolute atomic E-state index is 12.2. The van der Waals surface area contributed by atoms with Gasteiger partial charge in [0.2, 0.25) is 11.8 Å². The molecule has 152 valence electrons. The van der Waals surface area contributed by atoms with Crippen LogP contribution in [0.25, 0.3) is 0 Å². The third-order valence-electron chi connectivity index (χ3n) is 5.09. The van der Waals surface area contributed by atoms with Crippen LogP contribution >= 0.6 is 0 Å². The predicted molar refractivity (Wildman–Crippen MR) is 102 cm³/mol. The molecule has 0 aliphatic carbocycles. The van der Waals surface area contributed by atoms with Gasteiger partial charge in [-0.25, -0.2) is 0 Å². The molecule has 1 aromatic rings. The molecule has 1 atom stereocenters. The standard InChI is InChI=1S/C20H27N3O5/c1-27-13-9-18(24)23-11-7-16(8-12-23)28-15-4-2-14(3-5-15)19(25)22-17-6-10-21-20(17)26/h2-5,16-17H,6-13H2,1H3,(H,21,26)(H,22,25). The number of amides is 3. The van der Waals surface area contributed by atoms with Crippen LogP contribution in [0.4, 0.5) is 0 Å². The van der Waals surface area contributed by atoms with Gasteiger partial charge in [-0.3, -0.25) is 14.4 Å². The molecule has 0 bridgehead atoms. The van der Waals surface area contributed by atoms with Crippen molar-refractivity contribution in [2.24, 2.45) is 0 Å². The molecular formula is C20H27N3O5. The van der Waals surface area contributed by atoms with Crippen LogP contribution in [0.3, 0.4) is 0 Å². The van der Waals surface area contributed by atoms with Crippen LogP contribution in [0.5, 0.6) is 5.75 Å². The van der Waals surface area contributed by atoms with E-state index in [1.54, 1.807) is 31.4 Å². The average molecular weight is 389 g/mol. The minimum Gasteiger partial charge on any atom is -0.490 e. The maximum Gasteiger partial charge on any atom is 0.251 e. The smallest absolute Gasteiger partial charge is 0.251 e. The molecule has 1 unspecified atom stereocenters. The second-order valence-corrected chi connectivity index (χ2v) is 7.07. The van der Waals surface area contributed by atoms with Crippen molar-refractivity contribution in [3.63, 3.8) is 0 Å². The Morgan fingerprint density at radius 1 is 1.18 bits per heavy atom. The Morgan fingerprint density at radius 2 is 1.89 bits per heavy atom. The van der Waals surface area contributed by atoms with Crippen molar-refractivity contribution in [2.75, 3.05) is 33.4 Å². The molecule has 3 amide bonds. The first-order chi connectivity index (χ1) is 13.6. The molecule has 2 N–H and O–H groups in total. The van der Waals surface area contributed by atoms with Gasteiger partial charge in [0.05, 0.1) is 13.0 Å². The highest BCUT2D eigenvalue weighted by atomic mass is 16.5. The molecule has 3 rings (SSSR count). The fraction of sp³-hybridized carbons (Fsp3) is 0.550. The molecule has 2 aliphatic heterocycles. The van der Waals surface area contributed by atoms with E-state index in [2.05, 4.69) is 10.6 Å². The number of nitrogens with zero attached hydrogens (tertiary/aromatic N) is 1. The van der Waals surface area contributed by atoms with E-state index in [0.717, 1.165) is 12.8 Å². The van der Waals surface area contributed by atoms with E-state index < -0.39 is 6.04 Å². The molecule has 8 nitrogen and oxygen atoms in total. The van der Waals surface area contributed by atoms with Crippen molar-refractivity contribution in [1.29, 1.82) is 0 Å². The van der Waals surface area contributed by atoms with E-state index >= 15 is 0 Å². The van der Waals surface area contributed by atoms with Gasteiger partial charge in [-0.1, -0.05) is 0 Å². The van der Waals surface area contributed by atoms with E-state index in [1.165, 1.54) is 0 Å². The first-order valence-electron chi connectivity index (χ1n) is 9.69. The Kier molecular flexibility index (Phi) is 6.86. The van der Waals surface area contributed by atoms with Gasteiger partial charge in [0.15, 0.2) is 0 Å². The highest BCUT2D eigenvalue weighted by molar-refractivity contribution is 5.98. The van der Waals surface area contributed by atoms with Crippen LogP contribution in [0, 0.1) is 0 Å². The lowest BCUT2D eigenvalue weighted by atomic mass is 10.1. The monoisotopic (exact) mass is 389 g/mol. The van der Waals surface area contributed by atoms with Crippen molar-refractivity contribution in [3.8, 4) is 5.75 Å². The highest BCUT2D eigenvalue weighted by Crippen LogP contribution is 2.20. The number of hydrogen-bond donors (Lipinski definition) is 2. The summed E-state index contributed by atoms with van der Waals surface area (Å²) in [6.45, 7) is 2.39. The van der Waals surface area contributed by atoms with Crippen LogP contribution < -0.4 is 15.4 Å². The quantitative estimate of drug-likeness (QED) is 0.716. The van der Waals surface area contributed by atoms with Crippen LogP contribution in [-0.2, 0) is 14.3 Å². The average Bonchev–Trinajstić information content (AvgIpc) is 3.11. The molecule has 2 fully saturated rings. The zero-order valence-electron chi connectivity index (χ0n) is 16.1. The lowest BCUT2D eigenvalue weighted by Gasteiger charge is -2.32. The van der Waals surface area contributed by atoms with Gasteiger partial charge >= 0.3 is 0 Å². The van der Waals surface area contributed by atoms with Crippen LogP contribution in [0.15, 0.2) is 24.3 Å². The Morgan fingerprint density at radius 3 is 2.50 bits per heavy atom. The summed E-state index contributed by atoms with van der Waals surface area (Å²) in [4.78, 5) is 37.7. The zero-order valence-corrected chi connectivity index (χ0v) is 16.1. The second kappa shape index (κ2) is 9.54. The molecule has 2 saturated heterocycles. The third-order valence-corrected chi connectivity index (χ3v) is 5.09. The number of hydrogen-bond acceptors (Lipinski definition) is 5. The molecule has 0 spiro atoms.